The van der Waals surface area contributed by atoms with Gasteiger partial charge in [0.25, 0.3) is 0 Å². The summed E-state index contributed by atoms with van der Waals surface area (Å²) >= 11 is 0. The number of carbonyl (C=O) groups excluding carboxylic acids is 3. The van der Waals surface area contributed by atoms with Gasteiger partial charge in [0.2, 0.25) is 0 Å². The van der Waals surface area contributed by atoms with Crippen molar-refractivity contribution >= 4 is 17.9 Å². The lowest BCUT2D eigenvalue weighted by Crippen LogP contribution is -2.30. The van der Waals surface area contributed by atoms with E-state index in [1.807, 2.05) is 6.08 Å². The molecule has 0 spiro atoms. The SMILES string of the molecule is CC/C=C\C/C=C\C/C=C\C/C=C\C/C=C\C/C=C\CCCCCCCCCCCCC(=O)OCC(COC(=O)CC/C=C\C/C=C\C/C=C\C/C=C\CC)OC(=O)CCCCCCC/C=C\CCCCCCCCC. The van der Waals surface area contributed by atoms with Crippen LogP contribution in [0.25, 0.3) is 0 Å². The molecular weight excluding hydrogens is 937 g/mol. The van der Waals surface area contributed by atoms with Crippen molar-refractivity contribution in [1.82, 2.24) is 0 Å². The van der Waals surface area contributed by atoms with Crippen molar-refractivity contribution in [3.63, 3.8) is 0 Å². The number of carbonyl (C=O) groups is 3. The highest BCUT2D eigenvalue weighted by Crippen LogP contribution is 2.15. The standard InChI is InChI=1S/C70H114O6/c1-4-7-10-13-16-19-22-25-27-29-30-31-32-33-34-35-36-37-38-39-40-41-43-45-48-51-54-57-60-63-69(72)75-66-67(65-74-68(71)62-59-56-53-50-47-44-24-21-18-15-12-9-6-3)76-70(73)64-61-58-55-52-49-46-42-28-26-23-20-17-14-11-8-5-2/h7,9-10,12,16,18-19,21,25,27-28,30-31,33-34,36-37,42,44,47,53,56,67H,4-6,8,11,13-15,17,20,22-24,26,29,32,35,38-41,43,45-46,48-52,54-55,57-66H2,1-3H3/b10-7-,12-9-,19-16-,21-18-,27-25-,31-30-,34-33-,37-36-,42-28-,47-44-,56-53-. The van der Waals surface area contributed by atoms with Crippen LogP contribution in [0, 0.1) is 0 Å². The molecule has 0 N–H and O–H groups in total. The Morgan fingerprint density at radius 1 is 0.276 bits per heavy atom. The minimum atomic E-state index is -0.817. The highest BCUT2D eigenvalue weighted by molar-refractivity contribution is 5.71. The Hall–Kier alpha value is -4.45. The second-order valence-electron chi connectivity index (χ2n) is 20.2. The summed E-state index contributed by atoms with van der Waals surface area (Å²) in [6, 6.07) is 0. The Balaban J connectivity index is 4.34. The van der Waals surface area contributed by atoms with E-state index in [-0.39, 0.29) is 37.5 Å². The third-order valence-electron chi connectivity index (χ3n) is 12.9. The van der Waals surface area contributed by atoms with Crippen molar-refractivity contribution in [3.05, 3.63) is 134 Å². The molecule has 0 amide bonds. The molecule has 6 nitrogen and oxygen atoms in total. The first kappa shape index (κ1) is 71.5. The van der Waals surface area contributed by atoms with Crippen LogP contribution in [-0.4, -0.2) is 37.2 Å². The Morgan fingerprint density at radius 2 is 0.539 bits per heavy atom. The van der Waals surface area contributed by atoms with Crippen LogP contribution in [0.5, 0.6) is 0 Å². The minimum absolute atomic E-state index is 0.109. The largest absolute Gasteiger partial charge is 0.462 e. The van der Waals surface area contributed by atoms with Crippen LogP contribution in [-0.2, 0) is 28.6 Å². The molecule has 0 aliphatic carbocycles. The van der Waals surface area contributed by atoms with Gasteiger partial charge in [-0.15, -0.1) is 0 Å². The molecule has 0 radical (unpaired) electrons. The van der Waals surface area contributed by atoms with Crippen LogP contribution in [0.15, 0.2) is 134 Å². The number of esters is 3. The van der Waals surface area contributed by atoms with E-state index in [2.05, 4.69) is 148 Å². The van der Waals surface area contributed by atoms with Gasteiger partial charge in [-0.25, -0.2) is 0 Å². The highest BCUT2D eigenvalue weighted by Gasteiger charge is 2.19. The molecule has 0 aromatic carbocycles. The second-order valence-corrected chi connectivity index (χ2v) is 20.2. The molecule has 0 rings (SSSR count). The van der Waals surface area contributed by atoms with Crippen molar-refractivity contribution in [2.45, 2.75) is 277 Å². The summed E-state index contributed by atoms with van der Waals surface area (Å²) in [4.78, 5) is 38.2. The molecule has 0 saturated carbocycles. The average molecular weight is 1050 g/mol. The van der Waals surface area contributed by atoms with Gasteiger partial charge in [-0.05, 0) is 122 Å². The fraction of sp³-hybridized carbons (Fsp3) is 0.643. The molecule has 0 fully saturated rings. The third kappa shape index (κ3) is 60.4. The summed E-state index contributed by atoms with van der Waals surface area (Å²) in [6.45, 7) is 6.34. The third-order valence-corrected chi connectivity index (χ3v) is 12.9. The van der Waals surface area contributed by atoms with Gasteiger partial charge in [-0.1, -0.05) is 264 Å². The molecule has 0 aliphatic rings. The van der Waals surface area contributed by atoms with Gasteiger partial charge < -0.3 is 14.2 Å². The van der Waals surface area contributed by atoms with Crippen molar-refractivity contribution < 1.29 is 28.6 Å². The summed E-state index contributed by atoms with van der Waals surface area (Å²) in [5, 5.41) is 0. The van der Waals surface area contributed by atoms with Crippen LogP contribution in [0.4, 0.5) is 0 Å². The van der Waals surface area contributed by atoms with Gasteiger partial charge in [-0.3, -0.25) is 14.4 Å². The summed E-state index contributed by atoms with van der Waals surface area (Å²) in [6.07, 6.45) is 89.0. The Kier molecular flexibility index (Phi) is 59.4. The Bertz CT molecular complexity index is 1630. The molecule has 76 heavy (non-hydrogen) atoms. The lowest BCUT2D eigenvalue weighted by atomic mass is 10.1. The van der Waals surface area contributed by atoms with Crippen LogP contribution in [0.1, 0.15) is 271 Å². The van der Waals surface area contributed by atoms with E-state index >= 15 is 0 Å². The lowest BCUT2D eigenvalue weighted by Gasteiger charge is -2.18. The van der Waals surface area contributed by atoms with E-state index in [9.17, 15) is 14.4 Å². The van der Waals surface area contributed by atoms with Gasteiger partial charge in [0.05, 0.1) is 0 Å². The summed E-state index contributed by atoms with van der Waals surface area (Å²) in [5.74, 6) is -1.01. The molecule has 1 unspecified atom stereocenters. The first-order valence-corrected chi connectivity index (χ1v) is 31.2. The van der Waals surface area contributed by atoms with Gasteiger partial charge in [0, 0.05) is 19.3 Å². The van der Waals surface area contributed by atoms with E-state index in [4.69, 9.17) is 14.2 Å². The summed E-state index contributed by atoms with van der Waals surface area (Å²) in [7, 11) is 0. The fourth-order valence-corrected chi connectivity index (χ4v) is 8.28. The number of unbranched alkanes of at least 4 members (excludes halogenated alkanes) is 22. The number of rotatable bonds is 55. The molecule has 0 saturated heterocycles. The van der Waals surface area contributed by atoms with Crippen molar-refractivity contribution in [3.8, 4) is 0 Å². The molecule has 0 aromatic rings. The van der Waals surface area contributed by atoms with Crippen molar-refractivity contribution in [2.24, 2.45) is 0 Å². The maximum atomic E-state index is 12.9. The quantitative estimate of drug-likeness (QED) is 0.0261. The van der Waals surface area contributed by atoms with Crippen molar-refractivity contribution in [1.29, 1.82) is 0 Å². The van der Waals surface area contributed by atoms with E-state index < -0.39 is 6.10 Å². The fourth-order valence-electron chi connectivity index (χ4n) is 8.28. The molecule has 0 aliphatic heterocycles. The van der Waals surface area contributed by atoms with Crippen LogP contribution in [0.2, 0.25) is 0 Å². The Morgan fingerprint density at radius 3 is 0.895 bits per heavy atom. The zero-order chi connectivity index (χ0) is 55.0. The Labute approximate surface area is 468 Å². The molecular formula is C70H114O6. The number of ether oxygens (including phenoxy) is 3. The molecule has 0 aromatic heterocycles. The van der Waals surface area contributed by atoms with Gasteiger partial charge in [0.15, 0.2) is 6.10 Å². The average Bonchev–Trinajstić information content (AvgIpc) is 3.42. The molecule has 430 valence electrons. The topological polar surface area (TPSA) is 78.9 Å². The smallest absolute Gasteiger partial charge is 0.306 e. The first-order chi connectivity index (χ1) is 37.5. The van der Waals surface area contributed by atoms with Crippen LogP contribution >= 0.6 is 0 Å². The van der Waals surface area contributed by atoms with E-state index in [1.54, 1.807) is 0 Å². The zero-order valence-corrected chi connectivity index (χ0v) is 49.2. The van der Waals surface area contributed by atoms with Gasteiger partial charge in [0.1, 0.15) is 13.2 Å². The van der Waals surface area contributed by atoms with E-state index in [1.165, 1.54) is 109 Å². The molecule has 0 bridgehead atoms. The monoisotopic (exact) mass is 1050 g/mol. The second kappa shape index (κ2) is 63.1. The first-order valence-electron chi connectivity index (χ1n) is 31.2. The normalized spacial score (nSPS) is 13.0. The maximum Gasteiger partial charge on any atom is 0.306 e. The van der Waals surface area contributed by atoms with Crippen molar-refractivity contribution in [2.75, 3.05) is 13.2 Å². The molecule has 1 atom stereocenters. The van der Waals surface area contributed by atoms with E-state index in [0.29, 0.717) is 19.3 Å². The number of hydrogen-bond acceptors (Lipinski definition) is 6. The van der Waals surface area contributed by atoms with E-state index in [0.717, 1.165) is 116 Å². The minimum Gasteiger partial charge on any atom is -0.462 e. The maximum absolute atomic E-state index is 12.9. The summed E-state index contributed by atoms with van der Waals surface area (Å²) < 4.78 is 16.8. The van der Waals surface area contributed by atoms with Crippen LogP contribution < -0.4 is 0 Å². The zero-order valence-electron chi connectivity index (χ0n) is 49.2. The molecule has 6 heteroatoms. The molecule has 0 heterocycles. The predicted molar refractivity (Wildman–Crippen MR) is 329 cm³/mol. The predicted octanol–water partition coefficient (Wildman–Crippen LogP) is 21.4. The highest BCUT2D eigenvalue weighted by atomic mass is 16.6. The van der Waals surface area contributed by atoms with Gasteiger partial charge >= 0.3 is 17.9 Å². The number of hydrogen-bond donors (Lipinski definition) is 0. The lowest BCUT2D eigenvalue weighted by molar-refractivity contribution is -0.166. The van der Waals surface area contributed by atoms with Gasteiger partial charge in [-0.2, -0.15) is 0 Å². The number of allylic oxidation sites excluding steroid dienone is 22. The van der Waals surface area contributed by atoms with Crippen LogP contribution in [0.3, 0.4) is 0 Å². The summed E-state index contributed by atoms with van der Waals surface area (Å²) in [5.41, 5.74) is 0.